The van der Waals surface area contributed by atoms with Gasteiger partial charge in [0.05, 0.1) is 12.7 Å². The van der Waals surface area contributed by atoms with Crippen LogP contribution in [0.2, 0.25) is 0 Å². The molecule has 0 saturated heterocycles. The van der Waals surface area contributed by atoms with Gasteiger partial charge in [-0.25, -0.2) is 14.2 Å². The van der Waals surface area contributed by atoms with Crippen molar-refractivity contribution in [2.45, 2.75) is 0 Å². The molecule has 1 N–H and O–H groups in total. The molecule has 1 heterocycles. The SMILES string of the molecule is COc1cc(-c2cc(C(=O)O)ccc2F)ccn1. The standard InChI is InChI=1S/C13H10FNO3/c1-18-12-7-8(4-5-15-12)10-6-9(13(16)17)2-3-11(10)14/h2-7H,1H3,(H,16,17). The predicted molar refractivity (Wildman–Crippen MR) is 63.1 cm³/mol. The molecule has 0 atom stereocenters. The predicted octanol–water partition coefficient (Wildman–Crippen LogP) is 2.59. The molecule has 0 spiro atoms. The molecule has 0 aliphatic heterocycles. The summed E-state index contributed by atoms with van der Waals surface area (Å²) >= 11 is 0. The summed E-state index contributed by atoms with van der Waals surface area (Å²) in [6.07, 6.45) is 1.47. The maximum Gasteiger partial charge on any atom is 0.335 e. The fourth-order valence-corrected chi connectivity index (χ4v) is 1.57. The van der Waals surface area contributed by atoms with E-state index in [0.717, 1.165) is 6.07 Å². The molecule has 2 rings (SSSR count). The highest BCUT2D eigenvalue weighted by Gasteiger charge is 2.10. The maximum atomic E-state index is 13.7. The van der Waals surface area contributed by atoms with E-state index in [9.17, 15) is 9.18 Å². The van der Waals surface area contributed by atoms with Gasteiger partial charge in [0, 0.05) is 17.8 Å². The molecule has 1 aromatic carbocycles. The van der Waals surface area contributed by atoms with Crippen LogP contribution in [0, 0.1) is 5.82 Å². The van der Waals surface area contributed by atoms with Crippen molar-refractivity contribution < 1.29 is 19.0 Å². The number of aromatic carboxylic acids is 1. The summed E-state index contributed by atoms with van der Waals surface area (Å²) in [6, 6.07) is 6.77. The Morgan fingerprint density at radius 2 is 2.11 bits per heavy atom. The lowest BCUT2D eigenvalue weighted by Gasteiger charge is -2.06. The topological polar surface area (TPSA) is 59.4 Å². The van der Waals surface area contributed by atoms with Crippen LogP contribution < -0.4 is 4.74 Å². The minimum atomic E-state index is -1.10. The lowest BCUT2D eigenvalue weighted by atomic mass is 10.0. The Kier molecular flexibility index (Phi) is 3.23. The lowest BCUT2D eigenvalue weighted by Crippen LogP contribution is -1.98. The molecule has 2 aromatic rings. The van der Waals surface area contributed by atoms with Crippen LogP contribution in [0.3, 0.4) is 0 Å². The van der Waals surface area contributed by atoms with E-state index in [0.29, 0.717) is 11.4 Å². The zero-order valence-corrected chi connectivity index (χ0v) is 9.55. The minimum absolute atomic E-state index is 0.0298. The van der Waals surface area contributed by atoms with E-state index in [1.54, 1.807) is 12.1 Å². The molecule has 5 heteroatoms. The number of aromatic nitrogens is 1. The van der Waals surface area contributed by atoms with E-state index >= 15 is 0 Å². The van der Waals surface area contributed by atoms with Crippen molar-refractivity contribution in [3.05, 3.63) is 47.9 Å². The molecule has 0 unspecified atom stereocenters. The van der Waals surface area contributed by atoms with Crippen molar-refractivity contribution in [1.82, 2.24) is 4.98 Å². The number of benzene rings is 1. The fourth-order valence-electron chi connectivity index (χ4n) is 1.57. The molecular weight excluding hydrogens is 237 g/mol. The number of halogens is 1. The normalized spacial score (nSPS) is 10.1. The van der Waals surface area contributed by atoms with Crippen LogP contribution in [-0.4, -0.2) is 23.2 Å². The number of carboxylic acids is 1. The van der Waals surface area contributed by atoms with E-state index in [4.69, 9.17) is 9.84 Å². The first-order valence-electron chi connectivity index (χ1n) is 5.15. The smallest absolute Gasteiger partial charge is 0.335 e. The Morgan fingerprint density at radius 1 is 1.33 bits per heavy atom. The molecule has 0 fully saturated rings. The van der Waals surface area contributed by atoms with Gasteiger partial charge in [0.15, 0.2) is 0 Å². The molecule has 0 aliphatic carbocycles. The number of rotatable bonds is 3. The van der Waals surface area contributed by atoms with E-state index in [1.165, 1.54) is 25.4 Å². The first-order chi connectivity index (χ1) is 8.61. The summed E-state index contributed by atoms with van der Waals surface area (Å²) in [4.78, 5) is 14.8. The van der Waals surface area contributed by atoms with E-state index < -0.39 is 11.8 Å². The maximum absolute atomic E-state index is 13.7. The molecule has 92 valence electrons. The third-order valence-electron chi connectivity index (χ3n) is 2.47. The van der Waals surface area contributed by atoms with Crippen molar-refractivity contribution in [3.8, 4) is 17.0 Å². The number of nitrogens with zero attached hydrogens (tertiary/aromatic N) is 1. The number of carbonyl (C=O) groups is 1. The molecule has 0 radical (unpaired) electrons. The van der Waals surface area contributed by atoms with Crippen molar-refractivity contribution in [2.24, 2.45) is 0 Å². The van der Waals surface area contributed by atoms with Crippen molar-refractivity contribution in [3.63, 3.8) is 0 Å². The zero-order chi connectivity index (χ0) is 13.1. The van der Waals surface area contributed by atoms with Gasteiger partial charge in [-0.3, -0.25) is 0 Å². The molecule has 0 amide bonds. The van der Waals surface area contributed by atoms with Crippen molar-refractivity contribution >= 4 is 5.97 Å². The summed E-state index contributed by atoms with van der Waals surface area (Å²) in [5.74, 6) is -1.25. The van der Waals surface area contributed by atoms with Crippen LogP contribution in [0.25, 0.3) is 11.1 Å². The Morgan fingerprint density at radius 3 is 2.78 bits per heavy atom. The molecular formula is C13H10FNO3. The Hall–Kier alpha value is -2.43. The van der Waals surface area contributed by atoms with Crippen molar-refractivity contribution in [1.29, 1.82) is 0 Å². The molecule has 4 nitrogen and oxygen atoms in total. The van der Waals surface area contributed by atoms with E-state index in [1.807, 2.05) is 0 Å². The second-order valence-electron chi connectivity index (χ2n) is 3.59. The quantitative estimate of drug-likeness (QED) is 0.905. The number of carboxylic acid groups (broad SMARTS) is 1. The van der Waals surface area contributed by atoms with E-state index in [-0.39, 0.29) is 11.1 Å². The number of pyridine rings is 1. The van der Waals surface area contributed by atoms with Crippen LogP contribution in [0.5, 0.6) is 5.88 Å². The van der Waals surface area contributed by atoms with E-state index in [2.05, 4.69) is 4.98 Å². The highest BCUT2D eigenvalue weighted by atomic mass is 19.1. The van der Waals surface area contributed by atoms with Crippen LogP contribution in [0.1, 0.15) is 10.4 Å². The second-order valence-corrected chi connectivity index (χ2v) is 3.59. The number of ether oxygens (including phenoxy) is 1. The molecule has 0 aliphatic rings. The highest BCUT2D eigenvalue weighted by Crippen LogP contribution is 2.26. The average Bonchev–Trinajstić information content (AvgIpc) is 2.39. The molecule has 1 aromatic heterocycles. The van der Waals surface area contributed by atoms with Gasteiger partial charge in [-0.1, -0.05) is 0 Å². The van der Waals surface area contributed by atoms with Gasteiger partial charge < -0.3 is 9.84 Å². The highest BCUT2D eigenvalue weighted by molar-refractivity contribution is 5.89. The minimum Gasteiger partial charge on any atom is -0.481 e. The van der Waals surface area contributed by atoms with Gasteiger partial charge in [0.2, 0.25) is 5.88 Å². The Bertz CT molecular complexity index is 599. The van der Waals surface area contributed by atoms with Gasteiger partial charge >= 0.3 is 5.97 Å². The van der Waals surface area contributed by atoms with Crippen molar-refractivity contribution in [2.75, 3.05) is 7.11 Å². The van der Waals surface area contributed by atoms with Gasteiger partial charge in [-0.15, -0.1) is 0 Å². The summed E-state index contributed by atoms with van der Waals surface area (Å²) in [6.45, 7) is 0. The summed E-state index contributed by atoms with van der Waals surface area (Å²) in [5, 5.41) is 8.89. The molecule has 0 bridgehead atoms. The fraction of sp³-hybridized carbons (Fsp3) is 0.0769. The summed E-state index contributed by atoms with van der Waals surface area (Å²) < 4.78 is 18.6. The lowest BCUT2D eigenvalue weighted by molar-refractivity contribution is 0.0697. The first-order valence-corrected chi connectivity index (χ1v) is 5.15. The third kappa shape index (κ3) is 2.29. The Balaban J connectivity index is 2.54. The first kappa shape index (κ1) is 12.0. The Labute approximate surface area is 103 Å². The zero-order valence-electron chi connectivity index (χ0n) is 9.55. The average molecular weight is 247 g/mol. The van der Waals surface area contributed by atoms with Crippen LogP contribution >= 0.6 is 0 Å². The van der Waals surface area contributed by atoms with Gasteiger partial charge in [0.1, 0.15) is 5.82 Å². The number of methoxy groups -OCH3 is 1. The van der Waals surface area contributed by atoms with Gasteiger partial charge in [-0.05, 0) is 29.8 Å². The number of hydrogen-bond donors (Lipinski definition) is 1. The third-order valence-corrected chi connectivity index (χ3v) is 2.47. The summed E-state index contributed by atoms with van der Waals surface area (Å²) in [7, 11) is 1.45. The van der Waals surface area contributed by atoms with Gasteiger partial charge in [-0.2, -0.15) is 0 Å². The van der Waals surface area contributed by atoms with Gasteiger partial charge in [0.25, 0.3) is 0 Å². The largest absolute Gasteiger partial charge is 0.481 e. The second kappa shape index (κ2) is 4.83. The molecule has 18 heavy (non-hydrogen) atoms. The van der Waals surface area contributed by atoms with Crippen LogP contribution in [-0.2, 0) is 0 Å². The van der Waals surface area contributed by atoms with Crippen LogP contribution in [0.4, 0.5) is 4.39 Å². The molecule has 0 saturated carbocycles. The monoisotopic (exact) mass is 247 g/mol. The number of hydrogen-bond acceptors (Lipinski definition) is 3. The van der Waals surface area contributed by atoms with Crippen LogP contribution in [0.15, 0.2) is 36.5 Å². The summed E-state index contributed by atoms with van der Waals surface area (Å²) in [5.41, 5.74) is 0.750.